The van der Waals surface area contributed by atoms with Gasteiger partial charge in [0.05, 0.1) is 11.8 Å². The van der Waals surface area contributed by atoms with Gasteiger partial charge in [0.2, 0.25) is 0 Å². The van der Waals surface area contributed by atoms with Gasteiger partial charge in [-0.3, -0.25) is 0 Å². The van der Waals surface area contributed by atoms with Crippen LogP contribution < -0.4 is 5.32 Å². The van der Waals surface area contributed by atoms with E-state index in [1.807, 2.05) is 0 Å². The van der Waals surface area contributed by atoms with Crippen LogP contribution >= 0.6 is 0 Å². The normalized spacial score (nSPS) is 20.0. The van der Waals surface area contributed by atoms with Gasteiger partial charge in [0.15, 0.2) is 5.82 Å². The minimum atomic E-state index is 0.559. The predicted molar refractivity (Wildman–Crippen MR) is 70.1 cm³/mol. The average molecular weight is 245 g/mol. The van der Waals surface area contributed by atoms with Crippen molar-refractivity contribution in [1.82, 2.24) is 15.1 Å². The predicted octanol–water partition coefficient (Wildman–Crippen LogP) is 1.49. The van der Waals surface area contributed by atoms with Gasteiger partial charge in [-0.25, -0.2) is 0 Å². The first-order chi connectivity index (χ1) is 8.70. The molecule has 0 aliphatic carbocycles. The van der Waals surface area contributed by atoms with E-state index < -0.39 is 0 Å². The Morgan fingerprint density at radius 1 is 1.61 bits per heavy atom. The monoisotopic (exact) mass is 245 g/mol. The smallest absolute Gasteiger partial charge is 0.166 e. The minimum Gasteiger partial charge on any atom is -0.367 e. The third kappa shape index (κ3) is 2.96. The summed E-state index contributed by atoms with van der Waals surface area (Å²) < 4.78 is 0. The number of rotatable bonds is 4. The fourth-order valence-corrected chi connectivity index (χ4v) is 2.29. The van der Waals surface area contributed by atoms with Gasteiger partial charge in [-0.15, -0.1) is 5.10 Å². The van der Waals surface area contributed by atoms with E-state index in [0.717, 1.165) is 19.6 Å². The summed E-state index contributed by atoms with van der Waals surface area (Å²) in [7, 11) is 0. The number of aromatic nitrogens is 2. The second kappa shape index (κ2) is 5.78. The summed E-state index contributed by atoms with van der Waals surface area (Å²) in [6.45, 7) is 7.59. The SMILES string of the molecule is CC(C)N1CCC(CNc2nnccc2C#N)C1. The zero-order chi connectivity index (χ0) is 13.0. The molecule has 1 aromatic heterocycles. The summed E-state index contributed by atoms with van der Waals surface area (Å²) in [5, 5.41) is 20.0. The molecular formula is C13H19N5. The Kier molecular flexibility index (Phi) is 4.11. The summed E-state index contributed by atoms with van der Waals surface area (Å²) in [6, 6.07) is 4.42. The van der Waals surface area contributed by atoms with Crippen LogP contribution in [0.3, 0.4) is 0 Å². The Bertz CT molecular complexity index is 437. The molecule has 0 amide bonds. The van der Waals surface area contributed by atoms with Crippen LogP contribution in [-0.4, -0.2) is 40.8 Å². The first-order valence-corrected chi connectivity index (χ1v) is 6.40. The largest absolute Gasteiger partial charge is 0.367 e. The molecule has 1 N–H and O–H groups in total. The van der Waals surface area contributed by atoms with Gasteiger partial charge in [0.1, 0.15) is 6.07 Å². The zero-order valence-corrected chi connectivity index (χ0v) is 10.9. The molecule has 5 heteroatoms. The number of hydrogen-bond donors (Lipinski definition) is 1. The molecule has 0 radical (unpaired) electrons. The van der Waals surface area contributed by atoms with Gasteiger partial charge in [-0.2, -0.15) is 10.4 Å². The van der Waals surface area contributed by atoms with Gasteiger partial charge in [-0.1, -0.05) is 0 Å². The quantitative estimate of drug-likeness (QED) is 0.870. The molecular weight excluding hydrogens is 226 g/mol. The summed E-state index contributed by atoms with van der Waals surface area (Å²) >= 11 is 0. The van der Waals surface area contributed by atoms with E-state index in [9.17, 15) is 0 Å². The van der Waals surface area contributed by atoms with Gasteiger partial charge in [0.25, 0.3) is 0 Å². The standard InChI is InChI=1S/C13H19N5/c1-10(2)18-6-4-11(9-18)8-15-13-12(7-14)3-5-16-17-13/h3,5,10-11H,4,6,8-9H2,1-2H3,(H,15,17). The van der Waals surface area contributed by atoms with E-state index in [1.54, 1.807) is 12.3 Å². The molecule has 0 saturated carbocycles. The van der Waals surface area contributed by atoms with E-state index >= 15 is 0 Å². The summed E-state index contributed by atoms with van der Waals surface area (Å²) in [6.07, 6.45) is 2.74. The number of nitrogens with one attached hydrogen (secondary N) is 1. The molecule has 1 aromatic rings. The summed E-state index contributed by atoms with van der Waals surface area (Å²) in [5.41, 5.74) is 0.559. The lowest BCUT2D eigenvalue weighted by Crippen LogP contribution is -2.29. The molecule has 0 spiro atoms. The van der Waals surface area contributed by atoms with E-state index in [1.165, 1.54) is 6.42 Å². The topological polar surface area (TPSA) is 64.8 Å². The molecule has 1 unspecified atom stereocenters. The molecule has 0 aromatic carbocycles. The highest BCUT2D eigenvalue weighted by Gasteiger charge is 2.24. The van der Waals surface area contributed by atoms with E-state index in [0.29, 0.717) is 23.3 Å². The summed E-state index contributed by atoms with van der Waals surface area (Å²) in [4.78, 5) is 2.48. The van der Waals surface area contributed by atoms with Crippen molar-refractivity contribution in [3.63, 3.8) is 0 Å². The molecule has 18 heavy (non-hydrogen) atoms. The fraction of sp³-hybridized carbons (Fsp3) is 0.615. The van der Waals surface area contributed by atoms with E-state index in [2.05, 4.69) is 40.3 Å². The van der Waals surface area contributed by atoms with Crippen LogP contribution in [0.15, 0.2) is 12.3 Å². The van der Waals surface area contributed by atoms with Gasteiger partial charge in [-0.05, 0) is 38.8 Å². The highest BCUT2D eigenvalue weighted by atomic mass is 15.2. The third-order valence-corrected chi connectivity index (χ3v) is 3.45. The lowest BCUT2D eigenvalue weighted by atomic mass is 10.1. The lowest BCUT2D eigenvalue weighted by molar-refractivity contribution is 0.266. The van der Waals surface area contributed by atoms with Crippen LogP contribution in [0.2, 0.25) is 0 Å². The molecule has 2 heterocycles. The third-order valence-electron chi connectivity index (χ3n) is 3.45. The highest BCUT2D eigenvalue weighted by Crippen LogP contribution is 2.19. The number of hydrogen-bond acceptors (Lipinski definition) is 5. The van der Waals surface area contributed by atoms with Crippen LogP contribution in [0, 0.1) is 17.2 Å². The molecule has 5 nitrogen and oxygen atoms in total. The zero-order valence-electron chi connectivity index (χ0n) is 10.9. The number of nitrogens with zero attached hydrogens (tertiary/aromatic N) is 4. The van der Waals surface area contributed by atoms with Crippen LogP contribution in [-0.2, 0) is 0 Å². The van der Waals surface area contributed by atoms with Crippen molar-refractivity contribution in [2.24, 2.45) is 5.92 Å². The average Bonchev–Trinajstić information content (AvgIpc) is 2.85. The van der Waals surface area contributed by atoms with Crippen molar-refractivity contribution in [2.45, 2.75) is 26.3 Å². The molecule has 0 bridgehead atoms. The maximum atomic E-state index is 8.96. The minimum absolute atomic E-state index is 0.559. The maximum absolute atomic E-state index is 8.96. The Morgan fingerprint density at radius 2 is 2.44 bits per heavy atom. The summed E-state index contributed by atoms with van der Waals surface area (Å²) in [5.74, 6) is 1.23. The van der Waals surface area contributed by atoms with E-state index in [-0.39, 0.29) is 0 Å². The molecule has 96 valence electrons. The lowest BCUT2D eigenvalue weighted by Gasteiger charge is -2.20. The first-order valence-electron chi connectivity index (χ1n) is 6.40. The van der Waals surface area contributed by atoms with Crippen molar-refractivity contribution in [3.05, 3.63) is 17.8 Å². The second-order valence-corrected chi connectivity index (χ2v) is 5.03. The molecule has 1 fully saturated rings. The van der Waals surface area contributed by atoms with Gasteiger partial charge >= 0.3 is 0 Å². The fourth-order valence-electron chi connectivity index (χ4n) is 2.29. The van der Waals surface area contributed by atoms with Crippen molar-refractivity contribution in [3.8, 4) is 6.07 Å². The van der Waals surface area contributed by atoms with Crippen molar-refractivity contribution in [1.29, 1.82) is 5.26 Å². The molecule has 2 rings (SSSR count). The molecule has 1 saturated heterocycles. The van der Waals surface area contributed by atoms with Crippen LogP contribution in [0.25, 0.3) is 0 Å². The molecule has 1 aliphatic rings. The Labute approximate surface area is 108 Å². The second-order valence-electron chi connectivity index (χ2n) is 5.03. The van der Waals surface area contributed by atoms with E-state index in [4.69, 9.17) is 5.26 Å². The highest BCUT2D eigenvalue weighted by molar-refractivity contribution is 5.50. The van der Waals surface area contributed by atoms with Crippen molar-refractivity contribution >= 4 is 5.82 Å². The Morgan fingerprint density at radius 3 is 3.11 bits per heavy atom. The first kappa shape index (κ1) is 12.8. The number of likely N-dealkylation sites (tertiary alicyclic amines) is 1. The number of nitriles is 1. The van der Waals surface area contributed by atoms with Crippen LogP contribution in [0.4, 0.5) is 5.82 Å². The van der Waals surface area contributed by atoms with Crippen molar-refractivity contribution in [2.75, 3.05) is 25.0 Å². The molecule has 1 aliphatic heterocycles. The Balaban J connectivity index is 1.88. The van der Waals surface area contributed by atoms with Crippen molar-refractivity contribution < 1.29 is 0 Å². The molecule has 1 atom stereocenters. The van der Waals surface area contributed by atoms with Crippen LogP contribution in [0.1, 0.15) is 25.8 Å². The number of anilines is 1. The van der Waals surface area contributed by atoms with Gasteiger partial charge < -0.3 is 10.2 Å². The maximum Gasteiger partial charge on any atom is 0.166 e. The Hall–Kier alpha value is -1.67. The van der Waals surface area contributed by atoms with Crippen LogP contribution in [0.5, 0.6) is 0 Å². The van der Waals surface area contributed by atoms with Gasteiger partial charge in [0, 0.05) is 19.1 Å².